The van der Waals surface area contributed by atoms with Crippen molar-refractivity contribution in [2.75, 3.05) is 5.32 Å². The number of hydrogen-bond acceptors (Lipinski definition) is 3. The predicted molar refractivity (Wildman–Crippen MR) is 133 cm³/mol. The lowest BCUT2D eigenvalue weighted by Gasteiger charge is -2.20. The summed E-state index contributed by atoms with van der Waals surface area (Å²) in [6.45, 7) is 3.89. The van der Waals surface area contributed by atoms with E-state index in [1.54, 1.807) is 18.2 Å². The maximum Gasteiger partial charge on any atom is 0.242 e. The van der Waals surface area contributed by atoms with Crippen LogP contribution >= 0.6 is 0 Å². The second kappa shape index (κ2) is 9.57. The van der Waals surface area contributed by atoms with E-state index in [-0.39, 0.29) is 11.3 Å². The van der Waals surface area contributed by atoms with Gasteiger partial charge in [-0.15, -0.1) is 0 Å². The highest BCUT2D eigenvalue weighted by molar-refractivity contribution is 7.89. The molecule has 0 bridgehead atoms. The highest BCUT2D eigenvalue weighted by Gasteiger charge is 2.27. The molecule has 4 aromatic carbocycles. The number of rotatable bonds is 7. The number of fused-ring (bicyclic) bond motifs is 1. The number of amides is 1. The summed E-state index contributed by atoms with van der Waals surface area (Å²) in [5, 5.41) is 4.68. The first kappa shape index (κ1) is 22.7. The molecule has 1 amide bonds. The molecular formula is C27H26N2O3S. The molecule has 0 saturated heterocycles. The standard InChI is InChI=1S/C27H26N2O3S/c1-19-9-8-14-25(20(19)2)28-27(30)26(17-21-10-4-3-5-11-21)29-33(31,32)24-16-15-22-12-6-7-13-23(22)18-24/h3-16,18,26,29H,17H2,1-2H3,(H,28,30)/t26-/m0/s1. The number of anilines is 1. The Morgan fingerprint density at radius 3 is 2.27 bits per heavy atom. The molecule has 0 aliphatic heterocycles. The number of carbonyl (C=O) groups is 1. The van der Waals surface area contributed by atoms with Gasteiger partial charge in [-0.25, -0.2) is 8.42 Å². The Kier molecular flexibility index (Phi) is 6.58. The monoisotopic (exact) mass is 458 g/mol. The van der Waals surface area contributed by atoms with E-state index in [4.69, 9.17) is 0 Å². The number of carbonyl (C=O) groups excluding carboxylic acids is 1. The molecule has 0 saturated carbocycles. The van der Waals surface area contributed by atoms with Crippen LogP contribution in [0.4, 0.5) is 5.69 Å². The highest BCUT2D eigenvalue weighted by Crippen LogP contribution is 2.21. The van der Waals surface area contributed by atoms with E-state index < -0.39 is 22.0 Å². The Balaban J connectivity index is 1.64. The quantitative estimate of drug-likeness (QED) is 0.410. The van der Waals surface area contributed by atoms with Crippen LogP contribution in [0.3, 0.4) is 0 Å². The van der Waals surface area contributed by atoms with Crippen molar-refractivity contribution in [3.05, 3.63) is 108 Å². The lowest BCUT2D eigenvalue weighted by Crippen LogP contribution is -2.45. The van der Waals surface area contributed by atoms with Crippen LogP contribution in [-0.2, 0) is 21.2 Å². The fourth-order valence-corrected chi connectivity index (χ4v) is 4.96. The summed E-state index contributed by atoms with van der Waals surface area (Å²) in [4.78, 5) is 13.4. The first-order valence-corrected chi connectivity index (χ1v) is 12.2. The van der Waals surface area contributed by atoms with Crippen molar-refractivity contribution in [2.24, 2.45) is 0 Å². The van der Waals surface area contributed by atoms with Gasteiger partial charge in [0.25, 0.3) is 0 Å². The average molecular weight is 459 g/mol. The second-order valence-corrected chi connectivity index (χ2v) is 9.82. The second-order valence-electron chi connectivity index (χ2n) is 8.11. The molecule has 0 radical (unpaired) electrons. The molecule has 0 aromatic heterocycles. The molecule has 0 unspecified atom stereocenters. The third kappa shape index (κ3) is 5.30. The predicted octanol–water partition coefficient (Wildman–Crippen LogP) is 4.98. The van der Waals surface area contributed by atoms with E-state index in [2.05, 4.69) is 10.0 Å². The lowest BCUT2D eigenvalue weighted by atomic mass is 10.0. The van der Waals surface area contributed by atoms with Crippen LogP contribution in [0.2, 0.25) is 0 Å². The molecule has 33 heavy (non-hydrogen) atoms. The average Bonchev–Trinajstić information content (AvgIpc) is 2.82. The number of sulfonamides is 1. The molecule has 0 aliphatic carbocycles. The molecule has 168 valence electrons. The topological polar surface area (TPSA) is 75.3 Å². The van der Waals surface area contributed by atoms with Crippen molar-refractivity contribution >= 4 is 32.4 Å². The van der Waals surface area contributed by atoms with Gasteiger partial charge < -0.3 is 5.32 Å². The van der Waals surface area contributed by atoms with E-state index >= 15 is 0 Å². The third-order valence-electron chi connectivity index (χ3n) is 5.79. The van der Waals surface area contributed by atoms with E-state index in [0.29, 0.717) is 5.69 Å². The number of nitrogens with one attached hydrogen (secondary N) is 2. The van der Waals surface area contributed by atoms with E-state index in [9.17, 15) is 13.2 Å². The maximum atomic E-state index is 13.3. The van der Waals surface area contributed by atoms with Gasteiger partial charge in [0.2, 0.25) is 15.9 Å². The summed E-state index contributed by atoms with van der Waals surface area (Å²) < 4.78 is 29.2. The first-order chi connectivity index (χ1) is 15.8. The minimum Gasteiger partial charge on any atom is -0.324 e. The van der Waals surface area contributed by atoms with Crippen molar-refractivity contribution in [1.29, 1.82) is 0 Å². The van der Waals surface area contributed by atoms with E-state index in [1.807, 2.05) is 86.6 Å². The normalized spacial score (nSPS) is 12.4. The molecule has 4 aromatic rings. The molecule has 6 heteroatoms. The SMILES string of the molecule is Cc1cccc(NC(=O)[C@H](Cc2ccccc2)NS(=O)(=O)c2ccc3ccccc3c2)c1C. The zero-order valence-electron chi connectivity index (χ0n) is 18.6. The fraction of sp³-hybridized carbons (Fsp3) is 0.148. The molecular weight excluding hydrogens is 432 g/mol. The summed E-state index contributed by atoms with van der Waals surface area (Å²) in [7, 11) is -3.94. The van der Waals surface area contributed by atoms with Crippen LogP contribution in [0, 0.1) is 13.8 Å². The third-order valence-corrected chi connectivity index (χ3v) is 7.26. The Morgan fingerprint density at radius 2 is 1.52 bits per heavy atom. The van der Waals surface area contributed by atoms with Crippen LogP contribution in [0.15, 0.2) is 95.9 Å². The van der Waals surface area contributed by atoms with Crippen molar-refractivity contribution in [1.82, 2.24) is 4.72 Å². The minimum atomic E-state index is -3.94. The molecule has 5 nitrogen and oxygen atoms in total. The van der Waals surface area contributed by atoms with Gasteiger partial charge in [0.05, 0.1) is 4.90 Å². The van der Waals surface area contributed by atoms with Crippen LogP contribution in [0.25, 0.3) is 10.8 Å². The van der Waals surface area contributed by atoms with E-state index in [1.165, 1.54) is 0 Å². The van der Waals surface area contributed by atoms with Crippen LogP contribution in [-0.4, -0.2) is 20.4 Å². The summed E-state index contributed by atoms with van der Waals surface area (Å²) in [5.41, 5.74) is 3.52. The number of hydrogen-bond donors (Lipinski definition) is 2. The zero-order chi connectivity index (χ0) is 23.4. The van der Waals surface area contributed by atoms with E-state index in [0.717, 1.165) is 27.5 Å². The Morgan fingerprint density at radius 1 is 0.818 bits per heavy atom. The van der Waals surface area contributed by atoms with Gasteiger partial charge >= 0.3 is 0 Å². The van der Waals surface area contributed by atoms with Gasteiger partial charge in [0.1, 0.15) is 6.04 Å². The van der Waals surface area contributed by atoms with Crippen LogP contribution < -0.4 is 10.0 Å². The summed E-state index contributed by atoms with van der Waals surface area (Å²) in [6.07, 6.45) is 0.227. The molecule has 2 N–H and O–H groups in total. The Labute approximate surface area is 194 Å². The van der Waals surface area contributed by atoms with Gasteiger partial charge in [-0.1, -0.05) is 72.8 Å². The van der Waals surface area contributed by atoms with Crippen molar-refractivity contribution in [3.8, 4) is 0 Å². The summed E-state index contributed by atoms with van der Waals surface area (Å²) in [5.74, 6) is -0.406. The summed E-state index contributed by atoms with van der Waals surface area (Å²) >= 11 is 0. The molecule has 1 atom stereocenters. The molecule has 4 rings (SSSR count). The number of aryl methyl sites for hydroxylation is 1. The van der Waals surface area contributed by atoms with Gasteiger partial charge in [-0.05, 0) is 65.9 Å². The molecule has 0 spiro atoms. The smallest absolute Gasteiger partial charge is 0.242 e. The zero-order valence-corrected chi connectivity index (χ0v) is 19.4. The summed E-state index contributed by atoms with van der Waals surface area (Å²) in [6, 6.07) is 26.6. The molecule has 0 aliphatic rings. The van der Waals surface area contributed by atoms with Crippen LogP contribution in [0.1, 0.15) is 16.7 Å². The first-order valence-electron chi connectivity index (χ1n) is 10.8. The van der Waals surface area contributed by atoms with Crippen molar-refractivity contribution < 1.29 is 13.2 Å². The van der Waals surface area contributed by atoms with Gasteiger partial charge in [0, 0.05) is 5.69 Å². The Hall–Kier alpha value is -3.48. The van der Waals surface area contributed by atoms with Gasteiger partial charge in [0.15, 0.2) is 0 Å². The maximum absolute atomic E-state index is 13.3. The largest absolute Gasteiger partial charge is 0.324 e. The molecule has 0 heterocycles. The Bertz CT molecular complexity index is 1400. The van der Waals surface area contributed by atoms with Gasteiger partial charge in [-0.3, -0.25) is 4.79 Å². The van der Waals surface area contributed by atoms with Crippen molar-refractivity contribution in [2.45, 2.75) is 31.2 Å². The number of benzene rings is 4. The molecule has 0 fully saturated rings. The lowest BCUT2D eigenvalue weighted by molar-refractivity contribution is -0.117. The van der Waals surface area contributed by atoms with Gasteiger partial charge in [-0.2, -0.15) is 4.72 Å². The van der Waals surface area contributed by atoms with Crippen LogP contribution in [0.5, 0.6) is 0 Å². The minimum absolute atomic E-state index is 0.124. The fourth-order valence-electron chi connectivity index (χ4n) is 3.73. The highest BCUT2D eigenvalue weighted by atomic mass is 32.2. The van der Waals surface area contributed by atoms with Crippen molar-refractivity contribution in [3.63, 3.8) is 0 Å².